The Kier molecular flexibility index (Phi) is 3.08. The second-order valence-corrected chi connectivity index (χ2v) is 5.26. The fourth-order valence-corrected chi connectivity index (χ4v) is 2.75. The summed E-state index contributed by atoms with van der Waals surface area (Å²) in [5.41, 5.74) is 8.40. The number of nitrogen functional groups attached to an aromatic ring is 1. The van der Waals surface area contributed by atoms with Gasteiger partial charge in [0.2, 0.25) is 5.95 Å². The van der Waals surface area contributed by atoms with E-state index in [4.69, 9.17) is 17.3 Å². The minimum atomic E-state index is 0.409. The lowest BCUT2D eigenvalue weighted by Crippen LogP contribution is -2.02. The number of aromatic nitrogens is 3. The number of anilines is 1. The summed E-state index contributed by atoms with van der Waals surface area (Å²) in [5.74, 6) is 0.409. The van der Waals surface area contributed by atoms with Gasteiger partial charge in [0, 0.05) is 11.1 Å². The van der Waals surface area contributed by atoms with Crippen LogP contribution < -0.4 is 5.73 Å². The van der Waals surface area contributed by atoms with Crippen LogP contribution in [0, 0.1) is 0 Å². The molecular weight excluding hydrogens is 280 g/mol. The number of hydrogen-bond acceptors (Lipinski definition) is 4. The van der Waals surface area contributed by atoms with Crippen molar-refractivity contribution in [3.05, 3.63) is 41.6 Å². The van der Waals surface area contributed by atoms with Crippen LogP contribution in [0.2, 0.25) is 5.02 Å². The van der Waals surface area contributed by atoms with Crippen molar-refractivity contribution in [1.29, 1.82) is 0 Å². The maximum Gasteiger partial charge on any atom is 0.207 e. The molecule has 0 radical (unpaired) electrons. The largest absolute Gasteiger partial charge is 0.369 e. The molecule has 3 rings (SSSR count). The molecule has 3 aromatic rings. The van der Waals surface area contributed by atoms with E-state index in [0.29, 0.717) is 22.1 Å². The van der Waals surface area contributed by atoms with E-state index < -0.39 is 0 Å². The van der Waals surface area contributed by atoms with Crippen LogP contribution in [-0.2, 0) is 0 Å². The van der Waals surface area contributed by atoms with Crippen molar-refractivity contribution in [3.8, 4) is 5.69 Å². The molecule has 0 fully saturated rings. The number of thioether (sulfide) groups is 1. The normalized spacial score (nSPS) is 11.1. The Hall–Kier alpha value is -1.72. The highest BCUT2D eigenvalue weighted by molar-refractivity contribution is 7.98. The third-order valence-electron chi connectivity index (χ3n) is 2.82. The molecular formula is C13H11ClN4S. The fraction of sp³-hybridized carbons (Fsp3) is 0.0769. The Bertz CT molecular complexity index is 753. The topological polar surface area (TPSA) is 56.7 Å². The summed E-state index contributed by atoms with van der Waals surface area (Å²) in [5, 5.41) is 0.551. The molecule has 0 spiro atoms. The predicted octanol–water partition coefficient (Wildman–Crippen LogP) is 3.38. The summed E-state index contributed by atoms with van der Waals surface area (Å²) < 4.78 is 1.84. The van der Waals surface area contributed by atoms with Gasteiger partial charge in [-0.2, -0.15) is 0 Å². The first kappa shape index (κ1) is 12.3. The molecule has 0 saturated heterocycles. The summed E-state index contributed by atoms with van der Waals surface area (Å²) in [7, 11) is 0. The molecule has 2 aromatic heterocycles. The van der Waals surface area contributed by atoms with Crippen LogP contribution in [0.25, 0.3) is 16.9 Å². The number of para-hydroxylation sites is 1. The second kappa shape index (κ2) is 4.75. The first-order valence-corrected chi connectivity index (χ1v) is 7.24. The number of benzene rings is 1. The Morgan fingerprint density at radius 2 is 2.11 bits per heavy atom. The van der Waals surface area contributed by atoms with Gasteiger partial charge in [-0.15, -0.1) is 11.8 Å². The average molecular weight is 291 g/mol. The molecule has 2 N–H and O–H groups in total. The molecule has 2 heterocycles. The van der Waals surface area contributed by atoms with E-state index in [9.17, 15) is 0 Å². The number of pyridine rings is 1. The van der Waals surface area contributed by atoms with E-state index in [1.54, 1.807) is 24.0 Å². The molecule has 0 aliphatic heterocycles. The molecule has 0 unspecified atom stereocenters. The van der Waals surface area contributed by atoms with Crippen molar-refractivity contribution < 1.29 is 0 Å². The highest BCUT2D eigenvalue weighted by Crippen LogP contribution is 2.29. The van der Waals surface area contributed by atoms with E-state index in [1.807, 2.05) is 35.1 Å². The zero-order valence-corrected chi connectivity index (χ0v) is 11.7. The maximum atomic E-state index is 6.02. The molecule has 6 heteroatoms. The van der Waals surface area contributed by atoms with Gasteiger partial charge in [-0.25, -0.2) is 9.97 Å². The van der Waals surface area contributed by atoms with Gasteiger partial charge in [0.05, 0.1) is 10.7 Å². The molecule has 19 heavy (non-hydrogen) atoms. The molecule has 1 aromatic carbocycles. The van der Waals surface area contributed by atoms with Gasteiger partial charge in [0.25, 0.3) is 0 Å². The average Bonchev–Trinajstić information content (AvgIpc) is 2.73. The Labute approximate surface area is 119 Å². The van der Waals surface area contributed by atoms with Gasteiger partial charge in [0.15, 0.2) is 5.65 Å². The fourth-order valence-electron chi connectivity index (χ4n) is 2.01. The number of nitrogens with zero attached hydrogens (tertiary/aromatic N) is 3. The monoisotopic (exact) mass is 290 g/mol. The molecule has 0 aliphatic carbocycles. The SMILES string of the molecule is CSc1ccccc1-n1c(N)nc2cc(Cl)cnc21. The van der Waals surface area contributed by atoms with E-state index in [0.717, 1.165) is 10.6 Å². The van der Waals surface area contributed by atoms with Gasteiger partial charge in [-0.1, -0.05) is 23.7 Å². The summed E-state index contributed by atoms with van der Waals surface area (Å²) in [4.78, 5) is 9.76. The molecule has 96 valence electrons. The van der Waals surface area contributed by atoms with Crippen molar-refractivity contribution in [2.45, 2.75) is 4.90 Å². The number of hydrogen-bond donors (Lipinski definition) is 1. The Balaban J connectivity index is 2.33. The van der Waals surface area contributed by atoms with E-state index in [2.05, 4.69) is 9.97 Å². The lowest BCUT2D eigenvalue weighted by atomic mass is 10.3. The molecule has 0 saturated carbocycles. The lowest BCUT2D eigenvalue weighted by Gasteiger charge is -2.09. The van der Waals surface area contributed by atoms with Gasteiger partial charge in [0.1, 0.15) is 5.52 Å². The van der Waals surface area contributed by atoms with Gasteiger partial charge >= 0.3 is 0 Å². The quantitative estimate of drug-likeness (QED) is 0.735. The first-order valence-electron chi connectivity index (χ1n) is 5.63. The third kappa shape index (κ3) is 2.05. The van der Waals surface area contributed by atoms with Crippen molar-refractivity contribution in [2.24, 2.45) is 0 Å². The van der Waals surface area contributed by atoms with Crippen molar-refractivity contribution in [2.75, 3.05) is 12.0 Å². The van der Waals surface area contributed by atoms with E-state index in [-0.39, 0.29) is 0 Å². The smallest absolute Gasteiger partial charge is 0.207 e. The third-order valence-corrected chi connectivity index (χ3v) is 3.81. The summed E-state index contributed by atoms with van der Waals surface area (Å²) in [6.45, 7) is 0. The van der Waals surface area contributed by atoms with E-state index >= 15 is 0 Å². The highest BCUT2D eigenvalue weighted by atomic mass is 35.5. The standard InChI is InChI=1S/C13H11ClN4S/c1-19-11-5-3-2-4-10(11)18-12-9(17-13(18)15)6-8(14)7-16-12/h2-7H,1H3,(H2,15,17). The minimum absolute atomic E-state index is 0.409. The van der Waals surface area contributed by atoms with Crippen LogP contribution in [0.4, 0.5) is 5.95 Å². The summed E-state index contributed by atoms with van der Waals surface area (Å²) >= 11 is 7.58. The molecule has 0 bridgehead atoms. The summed E-state index contributed by atoms with van der Waals surface area (Å²) in [6.07, 6.45) is 3.63. The zero-order valence-electron chi connectivity index (χ0n) is 10.2. The first-order chi connectivity index (χ1) is 9.20. The van der Waals surface area contributed by atoms with Crippen LogP contribution >= 0.6 is 23.4 Å². The zero-order chi connectivity index (χ0) is 13.4. The van der Waals surface area contributed by atoms with Crippen molar-refractivity contribution in [3.63, 3.8) is 0 Å². The van der Waals surface area contributed by atoms with Gasteiger partial charge in [-0.3, -0.25) is 4.57 Å². The number of halogens is 1. The van der Waals surface area contributed by atoms with Crippen LogP contribution in [0.1, 0.15) is 0 Å². The van der Waals surface area contributed by atoms with E-state index in [1.165, 1.54) is 0 Å². The van der Waals surface area contributed by atoms with Crippen LogP contribution in [-0.4, -0.2) is 20.8 Å². The molecule has 0 aliphatic rings. The molecule has 0 amide bonds. The maximum absolute atomic E-state index is 6.02. The Morgan fingerprint density at radius 1 is 1.32 bits per heavy atom. The number of nitrogens with two attached hydrogens (primary N) is 1. The van der Waals surface area contributed by atoms with Crippen molar-refractivity contribution >= 4 is 40.5 Å². The van der Waals surface area contributed by atoms with Gasteiger partial charge < -0.3 is 5.73 Å². The van der Waals surface area contributed by atoms with Crippen LogP contribution in [0.3, 0.4) is 0 Å². The molecule has 0 atom stereocenters. The number of rotatable bonds is 2. The van der Waals surface area contributed by atoms with Crippen LogP contribution in [0.5, 0.6) is 0 Å². The Morgan fingerprint density at radius 3 is 2.89 bits per heavy atom. The molecule has 4 nitrogen and oxygen atoms in total. The van der Waals surface area contributed by atoms with Crippen molar-refractivity contribution in [1.82, 2.24) is 14.5 Å². The predicted molar refractivity (Wildman–Crippen MR) is 80.1 cm³/mol. The number of fused-ring (bicyclic) bond motifs is 1. The van der Waals surface area contributed by atoms with Crippen LogP contribution in [0.15, 0.2) is 41.4 Å². The second-order valence-electron chi connectivity index (χ2n) is 3.97. The summed E-state index contributed by atoms with van der Waals surface area (Å²) in [6, 6.07) is 9.77. The minimum Gasteiger partial charge on any atom is -0.369 e. The van der Waals surface area contributed by atoms with Gasteiger partial charge in [-0.05, 0) is 24.5 Å². The highest BCUT2D eigenvalue weighted by Gasteiger charge is 2.13. The lowest BCUT2D eigenvalue weighted by molar-refractivity contribution is 1.05. The number of imidazole rings is 1.